The molecular weight excluding hydrogens is 142 g/mol. The highest BCUT2D eigenvalue weighted by Crippen LogP contribution is 2.12. The van der Waals surface area contributed by atoms with Crippen LogP contribution in [-0.4, -0.2) is 11.0 Å². The number of phenols is 1. The van der Waals surface area contributed by atoms with Crippen molar-refractivity contribution < 1.29 is 9.90 Å². The van der Waals surface area contributed by atoms with E-state index in [2.05, 4.69) is 11.4 Å². The van der Waals surface area contributed by atoms with E-state index in [1.807, 2.05) is 0 Å². The Bertz CT molecular complexity index is 253. The molecule has 0 atom stereocenters. The first-order valence-corrected chi connectivity index (χ1v) is 3.17. The smallest absolute Gasteiger partial charge is 0.221 e. The van der Waals surface area contributed by atoms with Gasteiger partial charge in [-0.2, -0.15) is 0 Å². The molecule has 57 valence electrons. The second-order valence-corrected chi connectivity index (χ2v) is 2.14. The van der Waals surface area contributed by atoms with E-state index in [4.69, 9.17) is 5.11 Å². The summed E-state index contributed by atoms with van der Waals surface area (Å²) in [6.07, 6.45) is 0. The number of hydrogen-bond donors (Lipinski definition) is 2. The molecule has 1 aromatic rings. The number of amides is 1. The molecule has 1 aromatic carbocycles. The molecule has 0 unspecified atom stereocenters. The van der Waals surface area contributed by atoms with Gasteiger partial charge in [-0.1, -0.05) is 0 Å². The van der Waals surface area contributed by atoms with Crippen LogP contribution in [0.25, 0.3) is 0 Å². The molecule has 11 heavy (non-hydrogen) atoms. The maximum absolute atomic E-state index is 10.5. The molecular formula is C8H8NO2. The van der Waals surface area contributed by atoms with E-state index >= 15 is 0 Å². The van der Waals surface area contributed by atoms with Gasteiger partial charge in [-0.25, -0.2) is 0 Å². The zero-order valence-electron chi connectivity index (χ0n) is 6.09. The Morgan fingerprint density at radius 2 is 2.36 bits per heavy atom. The molecule has 0 saturated heterocycles. The number of carbonyl (C=O) groups excluding carboxylic acids is 1. The Kier molecular flexibility index (Phi) is 2.11. The summed E-state index contributed by atoms with van der Waals surface area (Å²) in [7, 11) is 0. The molecule has 0 saturated carbocycles. The molecule has 0 bridgehead atoms. The Labute approximate surface area is 64.7 Å². The highest BCUT2D eigenvalue weighted by molar-refractivity contribution is 5.88. The van der Waals surface area contributed by atoms with E-state index in [0.29, 0.717) is 5.69 Å². The number of anilines is 1. The Morgan fingerprint density at radius 3 is 2.82 bits per heavy atom. The average molecular weight is 150 g/mol. The largest absolute Gasteiger partial charge is 0.508 e. The predicted molar refractivity (Wildman–Crippen MR) is 41.2 cm³/mol. The minimum absolute atomic E-state index is 0.138. The van der Waals surface area contributed by atoms with E-state index in [9.17, 15) is 4.79 Å². The van der Waals surface area contributed by atoms with Crippen molar-refractivity contribution in [3.05, 3.63) is 24.3 Å². The van der Waals surface area contributed by atoms with E-state index in [1.54, 1.807) is 6.07 Å². The lowest BCUT2D eigenvalue weighted by Gasteiger charge is -1.99. The molecule has 2 N–H and O–H groups in total. The van der Waals surface area contributed by atoms with Crippen molar-refractivity contribution in [3.63, 3.8) is 0 Å². The van der Waals surface area contributed by atoms with Gasteiger partial charge in [0.2, 0.25) is 5.91 Å². The standard InChI is InChI=1S/C8H8NO2/c1-6(10)9-7-2-4-8(11)5-3-7/h2,4-5,11H,1H3,(H,9,10). The summed E-state index contributed by atoms with van der Waals surface area (Å²) in [4.78, 5) is 10.5. The lowest BCUT2D eigenvalue weighted by atomic mass is 10.3. The van der Waals surface area contributed by atoms with Crippen LogP contribution in [0.1, 0.15) is 6.92 Å². The summed E-state index contributed by atoms with van der Waals surface area (Å²) in [6.45, 7) is 1.42. The van der Waals surface area contributed by atoms with Gasteiger partial charge in [0, 0.05) is 18.7 Å². The van der Waals surface area contributed by atoms with Crippen molar-refractivity contribution in [1.29, 1.82) is 0 Å². The highest BCUT2D eigenvalue weighted by atomic mass is 16.3. The first-order chi connectivity index (χ1) is 5.18. The summed E-state index contributed by atoms with van der Waals surface area (Å²) in [5.41, 5.74) is 0.565. The molecule has 0 fully saturated rings. The Morgan fingerprint density at radius 1 is 1.64 bits per heavy atom. The maximum Gasteiger partial charge on any atom is 0.221 e. The third-order valence-corrected chi connectivity index (χ3v) is 1.11. The molecule has 0 aliphatic heterocycles. The molecule has 0 aromatic heterocycles. The summed E-state index contributed by atoms with van der Waals surface area (Å²) in [5.74, 6) is -0.00829. The van der Waals surface area contributed by atoms with Crippen molar-refractivity contribution in [2.24, 2.45) is 0 Å². The molecule has 0 heterocycles. The van der Waals surface area contributed by atoms with E-state index in [-0.39, 0.29) is 11.7 Å². The first-order valence-electron chi connectivity index (χ1n) is 3.17. The minimum atomic E-state index is -0.146. The van der Waals surface area contributed by atoms with Crippen molar-refractivity contribution in [1.82, 2.24) is 0 Å². The number of carbonyl (C=O) groups is 1. The van der Waals surface area contributed by atoms with Crippen LogP contribution < -0.4 is 5.32 Å². The van der Waals surface area contributed by atoms with Crippen molar-refractivity contribution in [3.8, 4) is 5.75 Å². The van der Waals surface area contributed by atoms with Gasteiger partial charge in [-0.3, -0.25) is 4.79 Å². The van der Waals surface area contributed by atoms with Gasteiger partial charge in [0.1, 0.15) is 5.75 Å². The molecule has 1 radical (unpaired) electrons. The fraction of sp³-hybridized carbons (Fsp3) is 0.125. The van der Waals surface area contributed by atoms with E-state index < -0.39 is 0 Å². The summed E-state index contributed by atoms with van der Waals surface area (Å²) >= 11 is 0. The Balaban J connectivity index is 2.74. The van der Waals surface area contributed by atoms with Crippen LogP contribution in [0.3, 0.4) is 0 Å². The number of aromatic hydroxyl groups is 1. The maximum atomic E-state index is 10.5. The van der Waals surface area contributed by atoms with Crippen LogP contribution in [0.15, 0.2) is 18.2 Å². The highest BCUT2D eigenvalue weighted by Gasteiger charge is 1.93. The van der Waals surface area contributed by atoms with Gasteiger partial charge >= 0.3 is 0 Å². The number of nitrogens with one attached hydrogen (secondary N) is 1. The third kappa shape index (κ3) is 2.29. The second-order valence-electron chi connectivity index (χ2n) is 2.14. The molecule has 1 rings (SSSR count). The molecule has 3 heteroatoms. The third-order valence-electron chi connectivity index (χ3n) is 1.11. The van der Waals surface area contributed by atoms with E-state index in [1.165, 1.54) is 19.1 Å². The summed E-state index contributed by atoms with van der Waals surface area (Å²) < 4.78 is 0. The molecule has 0 aliphatic carbocycles. The molecule has 0 aliphatic rings. The van der Waals surface area contributed by atoms with Gasteiger partial charge in [-0.05, 0) is 18.2 Å². The first kappa shape index (κ1) is 7.60. The van der Waals surface area contributed by atoms with Crippen LogP contribution >= 0.6 is 0 Å². The fourth-order valence-electron chi connectivity index (χ4n) is 0.684. The van der Waals surface area contributed by atoms with Gasteiger partial charge in [0.25, 0.3) is 0 Å². The zero-order chi connectivity index (χ0) is 8.27. The minimum Gasteiger partial charge on any atom is -0.508 e. The van der Waals surface area contributed by atoms with Gasteiger partial charge in [-0.15, -0.1) is 0 Å². The molecule has 3 nitrogen and oxygen atoms in total. The fourth-order valence-corrected chi connectivity index (χ4v) is 0.684. The van der Waals surface area contributed by atoms with Crippen molar-refractivity contribution in [2.75, 3.05) is 5.32 Å². The normalized spacial score (nSPS) is 9.18. The van der Waals surface area contributed by atoms with Crippen molar-refractivity contribution >= 4 is 11.6 Å². The number of rotatable bonds is 1. The lowest BCUT2D eigenvalue weighted by Crippen LogP contribution is -2.05. The summed E-state index contributed by atoms with van der Waals surface area (Å²) in [6, 6.07) is 7.15. The summed E-state index contributed by atoms with van der Waals surface area (Å²) in [5, 5.41) is 11.4. The SMILES string of the molecule is CC(=O)Nc1[c]cc(O)cc1. The second kappa shape index (κ2) is 3.05. The Hall–Kier alpha value is -1.51. The topological polar surface area (TPSA) is 49.3 Å². The zero-order valence-corrected chi connectivity index (χ0v) is 6.09. The molecule has 0 spiro atoms. The van der Waals surface area contributed by atoms with Crippen molar-refractivity contribution in [2.45, 2.75) is 6.92 Å². The number of benzene rings is 1. The average Bonchev–Trinajstić information content (AvgIpc) is 1.93. The van der Waals surface area contributed by atoms with E-state index in [0.717, 1.165) is 0 Å². The van der Waals surface area contributed by atoms with Crippen LogP contribution in [0.4, 0.5) is 5.69 Å². The van der Waals surface area contributed by atoms with Crippen LogP contribution in [0.5, 0.6) is 5.75 Å². The van der Waals surface area contributed by atoms with Crippen LogP contribution in [0.2, 0.25) is 0 Å². The van der Waals surface area contributed by atoms with Crippen LogP contribution in [-0.2, 0) is 4.79 Å². The molecule has 1 amide bonds. The quantitative estimate of drug-likeness (QED) is 0.590. The monoisotopic (exact) mass is 150 g/mol. The number of phenolic OH excluding ortho intramolecular Hbond substituents is 1. The van der Waals surface area contributed by atoms with Gasteiger partial charge < -0.3 is 10.4 Å². The predicted octanol–water partition coefficient (Wildman–Crippen LogP) is 1.15. The lowest BCUT2D eigenvalue weighted by molar-refractivity contribution is -0.114. The van der Waals surface area contributed by atoms with Crippen LogP contribution in [0, 0.1) is 6.07 Å². The van der Waals surface area contributed by atoms with Gasteiger partial charge in [0.15, 0.2) is 0 Å². The number of hydrogen-bond acceptors (Lipinski definition) is 2. The van der Waals surface area contributed by atoms with Gasteiger partial charge in [0.05, 0.1) is 0 Å².